The predicted octanol–water partition coefficient (Wildman–Crippen LogP) is 4.67. The van der Waals surface area contributed by atoms with Crippen molar-refractivity contribution in [1.82, 2.24) is 4.57 Å². The molecule has 0 bridgehead atoms. The summed E-state index contributed by atoms with van der Waals surface area (Å²) in [5, 5.41) is 2.72. The minimum Gasteiger partial charge on any atom is -0.457 e. The van der Waals surface area contributed by atoms with Crippen LogP contribution >= 0.6 is 0 Å². The van der Waals surface area contributed by atoms with E-state index in [1.165, 1.54) is 34.9 Å². The molecule has 0 aliphatic heterocycles. The van der Waals surface area contributed by atoms with Crippen LogP contribution in [0.3, 0.4) is 0 Å². The third-order valence-electron chi connectivity index (χ3n) is 4.42. The molecule has 1 amide bonds. The summed E-state index contributed by atoms with van der Waals surface area (Å²) in [6.45, 7) is 5.37. The Kier molecular flexibility index (Phi) is 5.93. The van der Waals surface area contributed by atoms with Crippen molar-refractivity contribution in [3.05, 3.63) is 89.1 Å². The van der Waals surface area contributed by atoms with Crippen molar-refractivity contribution in [2.24, 2.45) is 7.05 Å². The molecule has 1 heterocycles. The van der Waals surface area contributed by atoms with Gasteiger partial charge in [-0.3, -0.25) is 9.59 Å². The van der Waals surface area contributed by atoms with Crippen molar-refractivity contribution in [2.45, 2.75) is 13.3 Å². The Morgan fingerprint density at radius 1 is 1.21 bits per heavy atom. The molecule has 29 heavy (non-hydrogen) atoms. The highest BCUT2D eigenvalue weighted by Crippen LogP contribution is 2.35. The summed E-state index contributed by atoms with van der Waals surface area (Å²) in [5.74, 6) is 0.286. The van der Waals surface area contributed by atoms with Gasteiger partial charge in [-0.2, -0.15) is 0 Å². The molecule has 0 radical (unpaired) electrons. The molecule has 0 atom stereocenters. The second-order valence-electron chi connectivity index (χ2n) is 6.48. The number of halogens is 1. The Labute approximate surface area is 168 Å². The molecular weight excluding hydrogens is 371 g/mol. The zero-order valence-electron chi connectivity index (χ0n) is 16.2. The number of hydrogen-bond donors (Lipinski definition) is 1. The van der Waals surface area contributed by atoms with Crippen molar-refractivity contribution in [1.29, 1.82) is 0 Å². The third-order valence-corrected chi connectivity index (χ3v) is 4.42. The molecule has 0 aliphatic rings. The summed E-state index contributed by atoms with van der Waals surface area (Å²) in [5.41, 5.74) is 2.60. The van der Waals surface area contributed by atoms with E-state index in [1.54, 1.807) is 31.4 Å². The number of carbonyl (C=O) groups excluding carboxylic acids is 1. The number of rotatable bonds is 6. The van der Waals surface area contributed by atoms with E-state index in [0.717, 1.165) is 5.56 Å². The highest BCUT2D eigenvalue weighted by atomic mass is 19.1. The maximum atomic E-state index is 13.2. The molecule has 2 aromatic carbocycles. The van der Waals surface area contributed by atoms with Crippen LogP contribution in [-0.2, 0) is 18.3 Å². The second kappa shape index (κ2) is 8.56. The molecule has 0 fully saturated rings. The fourth-order valence-corrected chi connectivity index (χ4v) is 2.93. The smallest absolute Gasteiger partial charge is 0.253 e. The number of ether oxygens (including phenoxy) is 1. The standard InChI is InChI=1S/C23H21FN2O3/c1-4-15-12-16(14-26(3)23(15)28)20-13-18(25-22(27)5-2)8-11-21(20)29-19-9-6-17(24)7-10-19/h5-14H,2,4H2,1,3H3,(H,25,27). The van der Waals surface area contributed by atoms with Crippen LogP contribution < -0.4 is 15.6 Å². The van der Waals surface area contributed by atoms with E-state index in [0.29, 0.717) is 34.7 Å². The predicted molar refractivity (Wildman–Crippen MR) is 112 cm³/mol. The van der Waals surface area contributed by atoms with Crippen molar-refractivity contribution in [3.8, 4) is 22.6 Å². The van der Waals surface area contributed by atoms with E-state index in [-0.39, 0.29) is 17.3 Å². The number of anilines is 1. The normalized spacial score (nSPS) is 10.4. The van der Waals surface area contributed by atoms with Crippen LogP contribution in [0.2, 0.25) is 0 Å². The summed E-state index contributed by atoms with van der Waals surface area (Å²) in [7, 11) is 1.69. The zero-order chi connectivity index (χ0) is 21.0. The first-order chi connectivity index (χ1) is 13.9. The average molecular weight is 392 g/mol. The maximum absolute atomic E-state index is 13.2. The minimum atomic E-state index is -0.356. The first-order valence-electron chi connectivity index (χ1n) is 9.12. The summed E-state index contributed by atoms with van der Waals surface area (Å²) in [6, 6.07) is 12.7. The molecular formula is C23H21FN2O3. The van der Waals surface area contributed by atoms with Crippen LogP contribution in [0.25, 0.3) is 11.1 Å². The number of hydrogen-bond acceptors (Lipinski definition) is 3. The van der Waals surface area contributed by atoms with Gasteiger partial charge in [0.05, 0.1) is 0 Å². The van der Waals surface area contributed by atoms with Crippen LogP contribution in [0.4, 0.5) is 10.1 Å². The Morgan fingerprint density at radius 2 is 1.93 bits per heavy atom. The van der Waals surface area contributed by atoms with E-state index in [9.17, 15) is 14.0 Å². The molecule has 1 aromatic heterocycles. The van der Waals surface area contributed by atoms with Crippen molar-refractivity contribution >= 4 is 11.6 Å². The van der Waals surface area contributed by atoms with Gasteiger partial charge in [-0.15, -0.1) is 0 Å². The van der Waals surface area contributed by atoms with E-state index in [1.807, 2.05) is 13.0 Å². The number of aromatic nitrogens is 1. The largest absolute Gasteiger partial charge is 0.457 e. The average Bonchev–Trinajstić information content (AvgIpc) is 2.72. The van der Waals surface area contributed by atoms with Gasteiger partial charge in [0.2, 0.25) is 5.91 Å². The molecule has 3 aromatic rings. The lowest BCUT2D eigenvalue weighted by Gasteiger charge is -2.15. The van der Waals surface area contributed by atoms with Gasteiger partial charge >= 0.3 is 0 Å². The highest BCUT2D eigenvalue weighted by molar-refractivity contribution is 5.99. The van der Waals surface area contributed by atoms with Gasteiger partial charge < -0.3 is 14.6 Å². The summed E-state index contributed by atoms with van der Waals surface area (Å²) in [4.78, 5) is 24.0. The molecule has 0 unspecified atom stereocenters. The molecule has 5 nitrogen and oxygen atoms in total. The number of nitrogens with zero attached hydrogens (tertiary/aromatic N) is 1. The molecule has 0 saturated carbocycles. The molecule has 3 rings (SSSR count). The van der Waals surface area contributed by atoms with Gasteiger partial charge in [0.1, 0.15) is 17.3 Å². The lowest BCUT2D eigenvalue weighted by Crippen LogP contribution is -2.20. The quantitative estimate of drug-likeness (QED) is 0.620. The van der Waals surface area contributed by atoms with Crippen LogP contribution in [0.5, 0.6) is 11.5 Å². The molecule has 148 valence electrons. The first-order valence-corrected chi connectivity index (χ1v) is 9.12. The molecule has 1 N–H and O–H groups in total. The van der Waals surface area contributed by atoms with Crippen LogP contribution in [0.1, 0.15) is 12.5 Å². The topological polar surface area (TPSA) is 60.3 Å². The summed E-state index contributed by atoms with van der Waals surface area (Å²) < 4.78 is 20.7. The lowest BCUT2D eigenvalue weighted by atomic mass is 10.0. The van der Waals surface area contributed by atoms with E-state index >= 15 is 0 Å². The molecule has 6 heteroatoms. The van der Waals surface area contributed by atoms with Crippen LogP contribution in [-0.4, -0.2) is 10.5 Å². The lowest BCUT2D eigenvalue weighted by molar-refractivity contribution is -0.111. The third kappa shape index (κ3) is 4.60. The molecule has 0 spiro atoms. The SMILES string of the molecule is C=CC(=O)Nc1ccc(Oc2ccc(F)cc2)c(-c2cc(CC)c(=O)n(C)c2)c1. The van der Waals surface area contributed by atoms with Gasteiger partial charge in [0.25, 0.3) is 5.56 Å². The minimum absolute atomic E-state index is 0.0617. The number of benzene rings is 2. The molecule has 0 saturated heterocycles. The molecule has 0 aliphatic carbocycles. The van der Waals surface area contributed by atoms with E-state index in [4.69, 9.17) is 4.74 Å². The zero-order valence-corrected chi connectivity index (χ0v) is 16.2. The van der Waals surface area contributed by atoms with Gasteiger partial charge in [0.15, 0.2) is 0 Å². The van der Waals surface area contributed by atoms with Crippen LogP contribution in [0, 0.1) is 5.82 Å². The Bertz CT molecular complexity index is 1120. The van der Waals surface area contributed by atoms with Crippen LogP contribution in [0.15, 0.2) is 72.2 Å². The van der Waals surface area contributed by atoms with Gasteiger partial charge in [-0.05, 0) is 61.0 Å². The Morgan fingerprint density at radius 3 is 2.59 bits per heavy atom. The van der Waals surface area contributed by atoms with Gasteiger partial charge in [-0.25, -0.2) is 4.39 Å². The van der Waals surface area contributed by atoms with Crippen molar-refractivity contribution in [3.63, 3.8) is 0 Å². The number of aryl methyl sites for hydroxylation is 2. The van der Waals surface area contributed by atoms with Crippen molar-refractivity contribution < 1.29 is 13.9 Å². The number of amides is 1. The fourth-order valence-electron chi connectivity index (χ4n) is 2.93. The van der Waals surface area contributed by atoms with Gasteiger partial charge in [0, 0.05) is 35.6 Å². The fraction of sp³-hybridized carbons (Fsp3) is 0.130. The summed E-state index contributed by atoms with van der Waals surface area (Å²) >= 11 is 0. The Hall–Kier alpha value is -3.67. The van der Waals surface area contributed by atoms with Crippen molar-refractivity contribution in [2.75, 3.05) is 5.32 Å². The Balaban J connectivity index is 2.12. The first kappa shape index (κ1) is 20.1. The number of nitrogens with one attached hydrogen (secondary N) is 1. The summed E-state index contributed by atoms with van der Waals surface area (Å²) in [6.07, 6.45) is 3.49. The maximum Gasteiger partial charge on any atom is 0.253 e. The van der Waals surface area contributed by atoms with E-state index in [2.05, 4.69) is 11.9 Å². The number of pyridine rings is 1. The van der Waals surface area contributed by atoms with Gasteiger partial charge in [-0.1, -0.05) is 13.5 Å². The number of carbonyl (C=O) groups is 1. The second-order valence-corrected chi connectivity index (χ2v) is 6.48. The highest BCUT2D eigenvalue weighted by Gasteiger charge is 2.13. The monoisotopic (exact) mass is 392 g/mol. The van der Waals surface area contributed by atoms with E-state index < -0.39 is 0 Å².